The van der Waals surface area contributed by atoms with Crippen LogP contribution in [0.2, 0.25) is 10.0 Å². The van der Waals surface area contributed by atoms with Gasteiger partial charge in [0.05, 0.1) is 32.9 Å². The number of hydrogen-bond donors (Lipinski definition) is 2. The summed E-state index contributed by atoms with van der Waals surface area (Å²) >= 11 is 12.8. The molecule has 0 unspecified atom stereocenters. The summed E-state index contributed by atoms with van der Waals surface area (Å²) in [6.07, 6.45) is 2.84. The molecule has 6 nitrogen and oxygen atoms in total. The molecule has 0 fully saturated rings. The highest BCUT2D eigenvalue weighted by atomic mass is 35.5. The van der Waals surface area contributed by atoms with Gasteiger partial charge in [0, 0.05) is 23.6 Å². The molecule has 0 atom stereocenters. The number of rotatable bonds is 6. The molecule has 3 aromatic carbocycles. The van der Waals surface area contributed by atoms with Crippen molar-refractivity contribution in [3.8, 4) is 28.2 Å². The Labute approximate surface area is 214 Å². The van der Waals surface area contributed by atoms with Gasteiger partial charge in [-0.1, -0.05) is 59.6 Å². The van der Waals surface area contributed by atoms with Gasteiger partial charge < -0.3 is 10.2 Å². The number of hydrogen-bond acceptors (Lipinski definition) is 5. The smallest absolute Gasteiger partial charge is 0.175 e. The Kier molecular flexibility index (Phi) is 6.83. The lowest BCUT2D eigenvalue weighted by Crippen LogP contribution is -2.15. The van der Waals surface area contributed by atoms with Crippen molar-refractivity contribution < 1.29 is 18.6 Å². The van der Waals surface area contributed by atoms with E-state index in [0.29, 0.717) is 43.9 Å². The third kappa shape index (κ3) is 5.01. The largest absolute Gasteiger partial charge is 0.392 e. The first-order valence-electron chi connectivity index (χ1n) is 10.7. The first-order valence-corrected chi connectivity index (χ1v) is 13.4. The number of para-hydroxylation sites is 1. The van der Waals surface area contributed by atoms with E-state index >= 15 is 0 Å². The number of aliphatic hydroxyl groups is 2. The molecule has 0 aliphatic heterocycles. The molecular weight excluding hydrogens is 507 g/mol. The van der Waals surface area contributed by atoms with Gasteiger partial charge >= 0.3 is 0 Å². The fraction of sp³-hybridized carbons (Fsp3) is 0.192. The molecule has 35 heavy (non-hydrogen) atoms. The summed E-state index contributed by atoms with van der Waals surface area (Å²) in [5.74, 6) is 0.470. The number of nitrogens with zero attached hydrogens (tertiary/aromatic N) is 2. The third-order valence-electron chi connectivity index (χ3n) is 5.64. The van der Waals surface area contributed by atoms with E-state index < -0.39 is 22.0 Å². The zero-order chi connectivity index (χ0) is 25.5. The van der Waals surface area contributed by atoms with Gasteiger partial charge in [-0.2, -0.15) is 0 Å². The molecule has 4 aromatic rings. The highest BCUT2D eigenvalue weighted by molar-refractivity contribution is 7.90. The summed E-state index contributed by atoms with van der Waals surface area (Å²) in [6, 6.07) is 17.6. The first kappa shape index (κ1) is 25.4. The Bertz CT molecular complexity index is 1520. The SMILES string of the molecule is CC(C)(O)c1cn(-c2ccccc2-c2ccc(CO)c(S(C)(=O)=O)c2)c(-c2cccc(Cl)c2Cl)n1. The minimum Gasteiger partial charge on any atom is -0.392 e. The van der Waals surface area contributed by atoms with Gasteiger partial charge in [0.25, 0.3) is 0 Å². The van der Waals surface area contributed by atoms with E-state index in [1.54, 1.807) is 61.0 Å². The van der Waals surface area contributed by atoms with E-state index in [1.807, 2.05) is 24.3 Å². The molecule has 0 saturated carbocycles. The Balaban J connectivity index is 2.01. The van der Waals surface area contributed by atoms with Crippen LogP contribution in [0.4, 0.5) is 0 Å². The molecular formula is C26H24Cl2N2O4S. The number of benzene rings is 3. The molecule has 1 aromatic heterocycles. The molecule has 9 heteroatoms. The minimum absolute atomic E-state index is 0.0632. The summed E-state index contributed by atoms with van der Waals surface area (Å²) in [6.45, 7) is 2.89. The Hall–Kier alpha value is -2.68. The average Bonchev–Trinajstić information content (AvgIpc) is 3.25. The molecule has 0 aliphatic carbocycles. The van der Waals surface area contributed by atoms with E-state index in [1.165, 1.54) is 0 Å². The van der Waals surface area contributed by atoms with Crippen LogP contribution in [-0.4, -0.2) is 34.4 Å². The summed E-state index contributed by atoms with van der Waals surface area (Å²) in [7, 11) is -3.57. The second-order valence-corrected chi connectivity index (χ2v) is 11.5. The predicted molar refractivity (Wildman–Crippen MR) is 139 cm³/mol. The van der Waals surface area contributed by atoms with Gasteiger partial charge in [-0.05, 0) is 49.2 Å². The summed E-state index contributed by atoms with van der Waals surface area (Å²) in [5.41, 5.74) is 2.15. The zero-order valence-electron chi connectivity index (χ0n) is 19.3. The molecule has 0 amide bonds. The molecule has 182 valence electrons. The van der Waals surface area contributed by atoms with Crippen LogP contribution in [0, 0.1) is 0 Å². The molecule has 2 N–H and O–H groups in total. The summed E-state index contributed by atoms with van der Waals surface area (Å²) < 4.78 is 26.6. The maximum Gasteiger partial charge on any atom is 0.175 e. The highest BCUT2D eigenvalue weighted by Gasteiger charge is 2.25. The topological polar surface area (TPSA) is 92.4 Å². The number of aromatic nitrogens is 2. The third-order valence-corrected chi connectivity index (χ3v) is 7.63. The van der Waals surface area contributed by atoms with Crippen molar-refractivity contribution in [2.45, 2.75) is 31.0 Å². The van der Waals surface area contributed by atoms with E-state index in [-0.39, 0.29) is 4.90 Å². The van der Waals surface area contributed by atoms with Crippen LogP contribution in [-0.2, 0) is 22.0 Å². The van der Waals surface area contributed by atoms with Crippen LogP contribution in [0.25, 0.3) is 28.2 Å². The van der Waals surface area contributed by atoms with Gasteiger partial charge in [0.15, 0.2) is 9.84 Å². The van der Waals surface area contributed by atoms with Crippen molar-refractivity contribution in [1.29, 1.82) is 0 Å². The lowest BCUT2D eigenvalue weighted by molar-refractivity contribution is 0.0743. The highest BCUT2D eigenvalue weighted by Crippen LogP contribution is 2.38. The summed E-state index contributed by atoms with van der Waals surface area (Å²) in [4.78, 5) is 4.75. The molecule has 0 spiro atoms. The van der Waals surface area contributed by atoms with Crippen LogP contribution >= 0.6 is 23.2 Å². The van der Waals surface area contributed by atoms with Gasteiger partial charge in [-0.3, -0.25) is 4.57 Å². The number of sulfone groups is 1. The van der Waals surface area contributed by atoms with Crippen molar-refractivity contribution in [2.75, 3.05) is 6.26 Å². The normalized spacial score (nSPS) is 12.2. The fourth-order valence-electron chi connectivity index (χ4n) is 3.85. The van der Waals surface area contributed by atoms with Crippen molar-refractivity contribution in [3.63, 3.8) is 0 Å². The van der Waals surface area contributed by atoms with Crippen molar-refractivity contribution in [1.82, 2.24) is 9.55 Å². The molecule has 4 rings (SSSR count). The zero-order valence-corrected chi connectivity index (χ0v) is 21.7. The maximum atomic E-state index is 12.4. The Morgan fingerprint density at radius 2 is 1.69 bits per heavy atom. The summed E-state index contributed by atoms with van der Waals surface area (Å²) in [5, 5.41) is 21.0. The molecule has 0 aliphatic rings. The first-order chi connectivity index (χ1) is 16.4. The van der Waals surface area contributed by atoms with E-state index in [9.17, 15) is 18.6 Å². The molecule has 1 heterocycles. The van der Waals surface area contributed by atoms with Crippen LogP contribution in [0.15, 0.2) is 71.8 Å². The van der Waals surface area contributed by atoms with Crippen LogP contribution < -0.4 is 0 Å². The second kappa shape index (κ2) is 9.41. The van der Waals surface area contributed by atoms with E-state index in [4.69, 9.17) is 23.2 Å². The number of halogens is 2. The van der Waals surface area contributed by atoms with Crippen LogP contribution in [0.3, 0.4) is 0 Å². The molecule has 0 saturated heterocycles. The lowest BCUT2D eigenvalue weighted by Gasteiger charge is -2.16. The van der Waals surface area contributed by atoms with Crippen LogP contribution in [0.1, 0.15) is 25.1 Å². The standard InChI is InChI=1S/C26H24Cl2N2O4S/c1-26(2,32)23-14-30(25(29-23)19-8-6-9-20(27)24(19)28)21-10-5-4-7-18(21)16-11-12-17(15-31)22(13-16)35(3,33)34/h4-14,31-32H,15H2,1-3H3. The van der Waals surface area contributed by atoms with Gasteiger partial charge in [-0.25, -0.2) is 13.4 Å². The van der Waals surface area contributed by atoms with E-state index in [0.717, 1.165) is 11.8 Å². The number of imidazole rings is 1. The Morgan fingerprint density at radius 3 is 2.34 bits per heavy atom. The van der Waals surface area contributed by atoms with Crippen molar-refractivity contribution >= 4 is 33.0 Å². The quantitative estimate of drug-likeness (QED) is 0.336. The molecule has 0 bridgehead atoms. The maximum absolute atomic E-state index is 12.4. The van der Waals surface area contributed by atoms with Crippen molar-refractivity contribution in [2.24, 2.45) is 0 Å². The van der Waals surface area contributed by atoms with Gasteiger partial charge in [0.2, 0.25) is 0 Å². The minimum atomic E-state index is -3.57. The monoisotopic (exact) mass is 530 g/mol. The molecule has 0 radical (unpaired) electrons. The lowest BCUT2D eigenvalue weighted by atomic mass is 10.0. The Morgan fingerprint density at radius 1 is 1.00 bits per heavy atom. The number of aliphatic hydroxyl groups excluding tert-OH is 1. The van der Waals surface area contributed by atoms with Crippen molar-refractivity contribution in [3.05, 3.63) is 88.2 Å². The predicted octanol–water partition coefficient (Wildman–Crippen LogP) is 5.64. The average molecular weight is 531 g/mol. The van der Waals surface area contributed by atoms with Gasteiger partial charge in [-0.15, -0.1) is 0 Å². The van der Waals surface area contributed by atoms with Gasteiger partial charge in [0.1, 0.15) is 11.4 Å². The second-order valence-electron chi connectivity index (χ2n) is 8.75. The van der Waals surface area contributed by atoms with Crippen LogP contribution in [0.5, 0.6) is 0 Å². The fourth-order valence-corrected chi connectivity index (χ4v) is 5.19. The van der Waals surface area contributed by atoms with E-state index in [2.05, 4.69) is 4.98 Å².